The minimum atomic E-state index is -1.36. The van der Waals surface area contributed by atoms with Gasteiger partial charge in [-0.2, -0.15) is 0 Å². The van der Waals surface area contributed by atoms with Crippen LogP contribution in [0.5, 0.6) is 5.75 Å². The maximum absolute atomic E-state index is 13.2. The topological polar surface area (TPSA) is 65.1 Å². The van der Waals surface area contributed by atoms with Gasteiger partial charge in [0.05, 0.1) is 12.0 Å². The van der Waals surface area contributed by atoms with E-state index in [4.69, 9.17) is 4.74 Å². The molecular formula is C27H40N4O3S. The van der Waals surface area contributed by atoms with Crippen molar-refractivity contribution in [3.8, 4) is 5.75 Å². The molecule has 8 heteroatoms. The Morgan fingerprint density at radius 3 is 2.29 bits per heavy atom. The summed E-state index contributed by atoms with van der Waals surface area (Å²) in [6.45, 7) is 8.36. The van der Waals surface area contributed by atoms with Crippen molar-refractivity contribution in [2.75, 3.05) is 58.1 Å². The zero-order chi connectivity index (χ0) is 25.7. The van der Waals surface area contributed by atoms with Crippen LogP contribution in [0.4, 0.5) is 11.4 Å². The van der Waals surface area contributed by atoms with Gasteiger partial charge in [-0.25, -0.2) is 8.51 Å². The zero-order valence-corrected chi connectivity index (χ0v) is 23.0. The molecule has 2 aromatic carbocycles. The lowest BCUT2D eigenvalue weighted by Crippen LogP contribution is -2.41. The second-order valence-electron chi connectivity index (χ2n) is 9.60. The first-order valence-electron chi connectivity index (χ1n) is 12.2. The first-order chi connectivity index (χ1) is 16.6. The van der Waals surface area contributed by atoms with E-state index < -0.39 is 11.0 Å². The summed E-state index contributed by atoms with van der Waals surface area (Å²) in [5, 5.41) is 2.97. The lowest BCUT2D eigenvalue weighted by atomic mass is 10.0. The number of anilines is 2. The van der Waals surface area contributed by atoms with Gasteiger partial charge in [0.2, 0.25) is 5.91 Å². The molecule has 0 saturated carbocycles. The van der Waals surface area contributed by atoms with Gasteiger partial charge in [0.25, 0.3) is 0 Å². The maximum atomic E-state index is 13.2. The molecule has 7 nitrogen and oxygen atoms in total. The Morgan fingerprint density at radius 2 is 1.71 bits per heavy atom. The summed E-state index contributed by atoms with van der Waals surface area (Å²) in [5.41, 5.74) is 4.84. The summed E-state index contributed by atoms with van der Waals surface area (Å²) < 4.78 is 20.4. The lowest BCUT2D eigenvalue weighted by molar-refractivity contribution is -0.116. The number of benzene rings is 2. The SMILES string of the molecule is COc1cc(C)c(S(=O)N(C)CCC(=O)Nc2ccc(N3CCC(N(C)C)CC3)cc2)c(C)c1C. The van der Waals surface area contributed by atoms with Crippen molar-refractivity contribution in [1.29, 1.82) is 0 Å². The van der Waals surface area contributed by atoms with E-state index in [0.717, 1.165) is 59.0 Å². The molecule has 1 fully saturated rings. The fourth-order valence-corrected chi connectivity index (χ4v) is 5.94. The van der Waals surface area contributed by atoms with Gasteiger partial charge in [0, 0.05) is 50.5 Å². The van der Waals surface area contributed by atoms with Gasteiger partial charge in [-0.3, -0.25) is 4.79 Å². The van der Waals surface area contributed by atoms with Crippen molar-refractivity contribution in [2.45, 2.75) is 51.0 Å². The number of ether oxygens (including phenoxy) is 1. The van der Waals surface area contributed by atoms with Crippen molar-refractivity contribution >= 4 is 28.3 Å². The number of amides is 1. The van der Waals surface area contributed by atoms with Gasteiger partial charge in [0.15, 0.2) is 0 Å². The number of carbonyl (C=O) groups is 1. The standard InChI is InChI=1S/C27H40N4O3S/c1-19-18-25(34-7)20(2)21(3)27(19)35(33)30(6)15-14-26(32)28-22-8-10-24(11-9-22)31-16-12-23(13-17-31)29(4)5/h8-11,18,23H,12-17H2,1-7H3,(H,28,32). The normalized spacial score (nSPS) is 15.5. The number of hydrogen-bond acceptors (Lipinski definition) is 5. The van der Waals surface area contributed by atoms with E-state index in [2.05, 4.69) is 41.3 Å². The molecule has 192 valence electrons. The summed E-state index contributed by atoms with van der Waals surface area (Å²) >= 11 is 0. The Morgan fingerprint density at radius 1 is 1.09 bits per heavy atom. The van der Waals surface area contributed by atoms with Crippen LogP contribution in [0.25, 0.3) is 0 Å². The summed E-state index contributed by atoms with van der Waals surface area (Å²) in [6.07, 6.45) is 2.58. The fraction of sp³-hybridized carbons (Fsp3) is 0.519. The highest BCUT2D eigenvalue weighted by Crippen LogP contribution is 2.30. The number of methoxy groups -OCH3 is 1. The van der Waals surface area contributed by atoms with E-state index >= 15 is 0 Å². The number of aryl methyl sites for hydroxylation is 1. The van der Waals surface area contributed by atoms with Crippen LogP contribution in [-0.2, 0) is 15.8 Å². The van der Waals surface area contributed by atoms with E-state index in [1.54, 1.807) is 18.5 Å². The van der Waals surface area contributed by atoms with Gasteiger partial charge in [-0.05, 0) is 94.7 Å². The average molecular weight is 501 g/mol. The molecule has 35 heavy (non-hydrogen) atoms. The van der Waals surface area contributed by atoms with Gasteiger partial charge in [-0.1, -0.05) is 0 Å². The molecule has 0 aliphatic carbocycles. The molecule has 1 unspecified atom stereocenters. The third kappa shape index (κ3) is 6.63. The molecule has 1 N–H and O–H groups in total. The number of nitrogens with one attached hydrogen (secondary N) is 1. The van der Waals surface area contributed by atoms with Crippen molar-refractivity contribution in [2.24, 2.45) is 0 Å². The summed E-state index contributed by atoms with van der Waals surface area (Å²) in [4.78, 5) is 18.1. The molecule has 1 amide bonds. The Bertz CT molecular complexity index is 1050. The van der Waals surface area contributed by atoms with Crippen LogP contribution in [0, 0.1) is 20.8 Å². The van der Waals surface area contributed by atoms with Crippen LogP contribution in [0.1, 0.15) is 36.0 Å². The van der Waals surface area contributed by atoms with Gasteiger partial charge < -0.3 is 19.9 Å². The van der Waals surface area contributed by atoms with Gasteiger partial charge >= 0.3 is 0 Å². The number of piperidine rings is 1. The summed E-state index contributed by atoms with van der Waals surface area (Å²) in [6, 6.07) is 10.6. The molecule has 3 rings (SSSR count). The van der Waals surface area contributed by atoms with E-state index in [9.17, 15) is 9.00 Å². The van der Waals surface area contributed by atoms with E-state index in [1.807, 2.05) is 39.0 Å². The molecule has 1 aliphatic rings. The predicted molar refractivity (Wildman–Crippen MR) is 145 cm³/mol. The highest BCUT2D eigenvalue weighted by molar-refractivity contribution is 7.82. The van der Waals surface area contributed by atoms with Crippen molar-refractivity contribution < 1.29 is 13.7 Å². The molecule has 1 aliphatic heterocycles. The molecule has 1 heterocycles. The van der Waals surface area contributed by atoms with E-state index in [0.29, 0.717) is 12.6 Å². The molecular weight excluding hydrogens is 460 g/mol. The highest BCUT2D eigenvalue weighted by atomic mass is 32.2. The van der Waals surface area contributed by atoms with Gasteiger partial charge in [0.1, 0.15) is 16.7 Å². The number of hydrogen-bond donors (Lipinski definition) is 1. The second kappa shape index (κ2) is 12.0. The third-order valence-corrected chi connectivity index (χ3v) is 8.75. The summed E-state index contributed by atoms with van der Waals surface area (Å²) in [7, 11) is 6.37. The monoisotopic (exact) mass is 500 g/mol. The number of rotatable bonds is 9. The van der Waals surface area contributed by atoms with Gasteiger partial charge in [-0.15, -0.1) is 0 Å². The number of carbonyl (C=O) groups excluding carboxylic acids is 1. The van der Waals surface area contributed by atoms with Crippen molar-refractivity contribution in [3.63, 3.8) is 0 Å². The first-order valence-corrected chi connectivity index (χ1v) is 13.3. The Hall–Kier alpha value is -2.42. The van der Waals surface area contributed by atoms with Crippen LogP contribution in [0.2, 0.25) is 0 Å². The van der Waals surface area contributed by atoms with Crippen LogP contribution >= 0.6 is 0 Å². The van der Waals surface area contributed by atoms with Crippen LogP contribution in [0.3, 0.4) is 0 Å². The molecule has 2 aromatic rings. The minimum absolute atomic E-state index is 0.0900. The summed E-state index contributed by atoms with van der Waals surface area (Å²) in [5.74, 6) is 0.708. The lowest BCUT2D eigenvalue weighted by Gasteiger charge is -2.36. The van der Waals surface area contributed by atoms with E-state index in [1.165, 1.54) is 5.69 Å². The maximum Gasteiger partial charge on any atom is 0.225 e. The van der Waals surface area contributed by atoms with Crippen molar-refractivity contribution in [1.82, 2.24) is 9.21 Å². The Labute approximate surface area is 213 Å². The highest BCUT2D eigenvalue weighted by Gasteiger charge is 2.21. The molecule has 1 saturated heterocycles. The second-order valence-corrected chi connectivity index (χ2v) is 11.1. The molecule has 1 atom stereocenters. The predicted octanol–water partition coefficient (Wildman–Crippen LogP) is 4.13. The molecule has 0 spiro atoms. The minimum Gasteiger partial charge on any atom is -0.496 e. The average Bonchev–Trinajstić information content (AvgIpc) is 2.85. The Balaban J connectivity index is 1.52. The first kappa shape index (κ1) is 27.2. The zero-order valence-electron chi connectivity index (χ0n) is 22.2. The molecule has 0 aromatic heterocycles. The number of nitrogens with zero attached hydrogens (tertiary/aromatic N) is 3. The quantitative estimate of drug-likeness (QED) is 0.561. The fourth-order valence-electron chi connectivity index (χ4n) is 4.62. The van der Waals surface area contributed by atoms with E-state index in [-0.39, 0.29) is 12.3 Å². The van der Waals surface area contributed by atoms with Crippen LogP contribution in [0.15, 0.2) is 35.2 Å². The molecule has 0 radical (unpaired) electrons. The smallest absolute Gasteiger partial charge is 0.225 e. The van der Waals surface area contributed by atoms with Crippen LogP contribution in [-0.4, -0.2) is 73.3 Å². The largest absolute Gasteiger partial charge is 0.496 e. The van der Waals surface area contributed by atoms with Crippen LogP contribution < -0.4 is 15.0 Å². The van der Waals surface area contributed by atoms with Crippen molar-refractivity contribution in [3.05, 3.63) is 47.0 Å². The third-order valence-electron chi connectivity index (χ3n) is 7.02. The molecule has 0 bridgehead atoms. The Kier molecular flexibility index (Phi) is 9.33.